The third kappa shape index (κ3) is 3.53. The van der Waals surface area contributed by atoms with E-state index in [1.54, 1.807) is 12.1 Å². The topological polar surface area (TPSA) is 103 Å². The van der Waals surface area contributed by atoms with Crippen molar-refractivity contribution in [3.8, 4) is 17.0 Å². The first-order valence-electron chi connectivity index (χ1n) is 9.79. The van der Waals surface area contributed by atoms with Crippen molar-refractivity contribution in [3.63, 3.8) is 0 Å². The lowest BCUT2D eigenvalue weighted by atomic mass is 10.1. The molecule has 0 radical (unpaired) electrons. The van der Waals surface area contributed by atoms with E-state index in [0.717, 1.165) is 4.70 Å². The van der Waals surface area contributed by atoms with Crippen molar-refractivity contribution in [2.24, 2.45) is 0 Å². The Balaban J connectivity index is 1.54. The van der Waals surface area contributed by atoms with Crippen molar-refractivity contribution in [2.45, 2.75) is 18.6 Å². The standard InChI is InChI=1S/C21H17FN4O4S2/c1-2-30-14-7-8-15-16(11-14)31-20(23-15)25-19(27)18-17(12-3-5-13(22)6-4-12)24-21-26(18)9-10-32(21,28)29/h3-8,11H,2,9-10H2,1H3,(H,23,25,27). The van der Waals surface area contributed by atoms with E-state index in [-0.39, 0.29) is 28.8 Å². The van der Waals surface area contributed by atoms with Crippen LogP contribution in [0.5, 0.6) is 5.75 Å². The minimum Gasteiger partial charge on any atom is -0.494 e. The van der Waals surface area contributed by atoms with Crippen LogP contribution in [-0.4, -0.2) is 41.2 Å². The summed E-state index contributed by atoms with van der Waals surface area (Å²) in [7, 11) is -3.59. The Hall–Kier alpha value is -3.31. The lowest BCUT2D eigenvalue weighted by molar-refractivity contribution is 0.101. The van der Waals surface area contributed by atoms with Gasteiger partial charge in [-0.1, -0.05) is 11.3 Å². The fourth-order valence-electron chi connectivity index (χ4n) is 3.59. The first-order valence-corrected chi connectivity index (χ1v) is 12.3. The highest BCUT2D eigenvalue weighted by molar-refractivity contribution is 7.91. The highest BCUT2D eigenvalue weighted by Crippen LogP contribution is 2.33. The van der Waals surface area contributed by atoms with Gasteiger partial charge in [0.05, 0.1) is 22.6 Å². The number of sulfone groups is 1. The van der Waals surface area contributed by atoms with Gasteiger partial charge in [-0.2, -0.15) is 0 Å². The number of nitrogens with one attached hydrogen (secondary N) is 1. The Bertz CT molecular complexity index is 1460. The van der Waals surface area contributed by atoms with Gasteiger partial charge in [0.1, 0.15) is 23.0 Å². The van der Waals surface area contributed by atoms with E-state index in [4.69, 9.17) is 4.74 Å². The lowest BCUT2D eigenvalue weighted by Crippen LogP contribution is -2.17. The molecule has 1 aliphatic heterocycles. The van der Waals surface area contributed by atoms with Crippen LogP contribution in [0.4, 0.5) is 9.52 Å². The van der Waals surface area contributed by atoms with Gasteiger partial charge < -0.3 is 9.30 Å². The molecule has 0 bridgehead atoms. The van der Waals surface area contributed by atoms with E-state index in [1.807, 2.05) is 13.0 Å². The normalized spacial score (nSPS) is 14.4. The second-order valence-corrected chi connectivity index (χ2v) is 10.1. The van der Waals surface area contributed by atoms with Gasteiger partial charge in [-0.05, 0) is 49.4 Å². The fourth-order valence-corrected chi connectivity index (χ4v) is 5.83. The predicted molar refractivity (Wildman–Crippen MR) is 118 cm³/mol. The second-order valence-electron chi connectivity index (χ2n) is 7.10. The van der Waals surface area contributed by atoms with Crippen LogP contribution < -0.4 is 10.1 Å². The molecule has 8 nitrogen and oxygen atoms in total. The number of benzene rings is 2. The van der Waals surface area contributed by atoms with Gasteiger partial charge in [0, 0.05) is 12.1 Å². The molecule has 0 saturated heterocycles. The number of carbonyl (C=O) groups excluding carboxylic acids is 1. The maximum Gasteiger partial charge on any atom is 0.276 e. The number of fused-ring (bicyclic) bond motifs is 2. The summed E-state index contributed by atoms with van der Waals surface area (Å²) in [5.74, 6) is -0.399. The van der Waals surface area contributed by atoms with Crippen LogP contribution in [0.15, 0.2) is 47.6 Å². The van der Waals surface area contributed by atoms with Gasteiger partial charge in [-0.15, -0.1) is 0 Å². The van der Waals surface area contributed by atoms with E-state index < -0.39 is 21.6 Å². The minimum atomic E-state index is -3.59. The summed E-state index contributed by atoms with van der Waals surface area (Å²) in [6.45, 7) is 2.55. The second kappa shape index (κ2) is 7.68. The zero-order valence-corrected chi connectivity index (χ0v) is 18.5. The Kier molecular flexibility index (Phi) is 4.94. The molecule has 0 fully saturated rings. The van der Waals surface area contributed by atoms with Gasteiger partial charge >= 0.3 is 0 Å². The molecule has 0 aliphatic carbocycles. The average molecular weight is 473 g/mol. The number of aromatic nitrogens is 3. The maximum atomic E-state index is 13.4. The minimum absolute atomic E-state index is 0.0990. The molecule has 0 atom stereocenters. The molecule has 164 valence electrons. The number of nitrogens with zero attached hydrogens (tertiary/aromatic N) is 3. The van der Waals surface area contributed by atoms with Crippen LogP contribution in [0.25, 0.3) is 21.5 Å². The Morgan fingerprint density at radius 2 is 2.00 bits per heavy atom. The first-order chi connectivity index (χ1) is 15.4. The summed E-state index contributed by atoms with van der Waals surface area (Å²) < 4.78 is 45.9. The number of halogens is 1. The van der Waals surface area contributed by atoms with Crippen LogP contribution >= 0.6 is 11.3 Å². The maximum absolute atomic E-state index is 13.4. The van der Waals surface area contributed by atoms with E-state index in [1.165, 1.54) is 40.2 Å². The number of hydrogen-bond acceptors (Lipinski definition) is 7. The number of hydrogen-bond donors (Lipinski definition) is 1. The summed E-state index contributed by atoms with van der Waals surface area (Å²) in [4.78, 5) is 21.9. The van der Waals surface area contributed by atoms with Crippen LogP contribution in [0.1, 0.15) is 17.4 Å². The molecule has 32 heavy (non-hydrogen) atoms. The average Bonchev–Trinajstić information content (AvgIpc) is 3.41. The van der Waals surface area contributed by atoms with E-state index >= 15 is 0 Å². The Morgan fingerprint density at radius 3 is 2.75 bits per heavy atom. The van der Waals surface area contributed by atoms with Crippen LogP contribution in [0.2, 0.25) is 0 Å². The van der Waals surface area contributed by atoms with Gasteiger partial charge in [-0.25, -0.2) is 22.8 Å². The Labute approximate surface area is 186 Å². The molecule has 2 aromatic heterocycles. The quantitative estimate of drug-likeness (QED) is 0.475. The zero-order valence-electron chi connectivity index (χ0n) is 16.8. The Morgan fingerprint density at radius 1 is 1.22 bits per heavy atom. The van der Waals surface area contributed by atoms with Gasteiger partial charge in [0.25, 0.3) is 5.91 Å². The van der Waals surface area contributed by atoms with Gasteiger partial charge in [0.2, 0.25) is 15.0 Å². The third-order valence-electron chi connectivity index (χ3n) is 5.02. The molecule has 5 rings (SSSR count). The predicted octanol–water partition coefficient (Wildman–Crippen LogP) is 3.74. The highest BCUT2D eigenvalue weighted by atomic mass is 32.2. The first kappa shape index (κ1) is 20.6. The molecule has 11 heteroatoms. The van der Waals surface area contributed by atoms with E-state index in [2.05, 4.69) is 15.3 Å². The number of ether oxygens (including phenoxy) is 1. The molecule has 1 aliphatic rings. The summed E-state index contributed by atoms with van der Waals surface area (Å²) in [6.07, 6.45) is 0. The van der Waals surface area contributed by atoms with Crippen molar-refractivity contribution in [2.75, 3.05) is 17.7 Å². The van der Waals surface area contributed by atoms with Crippen LogP contribution in [0, 0.1) is 5.82 Å². The van der Waals surface area contributed by atoms with Gasteiger partial charge in [0.15, 0.2) is 5.13 Å². The van der Waals surface area contributed by atoms with Crippen molar-refractivity contribution >= 4 is 42.4 Å². The van der Waals surface area contributed by atoms with E-state index in [0.29, 0.717) is 28.6 Å². The molecular formula is C21H17FN4O4S2. The summed E-state index contributed by atoms with van der Waals surface area (Å²) in [6, 6.07) is 10.9. The number of amides is 1. The molecule has 1 amide bonds. The summed E-state index contributed by atoms with van der Waals surface area (Å²) in [5, 5.41) is 2.96. The van der Waals surface area contributed by atoms with Crippen molar-refractivity contribution in [1.29, 1.82) is 0 Å². The molecule has 0 saturated carbocycles. The van der Waals surface area contributed by atoms with E-state index in [9.17, 15) is 17.6 Å². The summed E-state index contributed by atoms with van der Waals surface area (Å²) in [5.41, 5.74) is 1.43. The molecular weight excluding hydrogens is 455 g/mol. The fraction of sp³-hybridized carbons (Fsp3) is 0.190. The van der Waals surface area contributed by atoms with Gasteiger partial charge in [-0.3, -0.25) is 10.1 Å². The largest absolute Gasteiger partial charge is 0.494 e. The summed E-state index contributed by atoms with van der Waals surface area (Å²) >= 11 is 1.28. The van der Waals surface area contributed by atoms with Crippen LogP contribution in [-0.2, 0) is 16.4 Å². The number of rotatable bonds is 5. The third-order valence-corrected chi connectivity index (χ3v) is 7.54. The number of imidazole rings is 1. The molecule has 4 aromatic rings. The molecule has 2 aromatic carbocycles. The molecule has 0 unspecified atom stereocenters. The number of thiazole rings is 1. The number of anilines is 1. The smallest absolute Gasteiger partial charge is 0.276 e. The van der Waals surface area contributed by atoms with Crippen molar-refractivity contribution < 1.29 is 22.3 Å². The SMILES string of the molecule is CCOc1ccc2nc(NC(=O)c3c(-c4ccc(F)cc4)nc4n3CCS4(=O)=O)sc2c1. The van der Waals surface area contributed by atoms with Crippen LogP contribution in [0.3, 0.4) is 0 Å². The lowest BCUT2D eigenvalue weighted by Gasteiger charge is -2.07. The molecule has 1 N–H and O–H groups in total. The van der Waals surface area contributed by atoms with Crippen molar-refractivity contribution in [1.82, 2.24) is 14.5 Å². The zero-order chi connectivity index (χ0) is 22.5. The van der Waals surface area contributed by atoms with Crippen molar-refractivity contribution in [3.05, 3.63) is 54.0 Å². The monoisotopic (exact) mass is 472 g/mol. The molecule has 0 spiro atoms. The number of carbonyl (C=O) groups is 1. The highest BCUT2D eigenvalue weighted by Gasteiger charge is 2.35. The molecule has 3 heterocycles.